The van der Waals surface area contributed by atoms with Gasteiger partial charge in [0.1, 0.15) is 0 Å². The summed E-state index contributed by atoms with van der Waals surface area (Å²) in [7, 11) is 3.23. The SMILES string of the molecule is CNC1CC(=O)N(c2ccc(OC)c(F)c2)C1. The molecule has 1 unspecified atom stereocenters. The number of nitrogens with one attached hydrogen (secondary N) is 1. The van der Waals surface area contributed by atoms with Gasteiger partial charge in [0.2, 0.25) is 5.91 Å². The molecule has 0 saturated carbocycles. The summed E-state index contributed by atoms with van der Waals surface area (Å²) in [6.45, 7) is 0.571. The first-order chi connectivity index (χ1) is 8.15. The van der Waals surface area contributed by atoms with Crippen LogP contribution in [0.1, 0.15) is 6.42 Å². The second-order valence-corrected chi connectivity index (χ2v) is 4.01. The van der Waals surface area contributed by atoms with Crippen LogP contribution < -0.4 is 15.0 Å². The molecule has 1 aliphatic heterocycles. The fourth-order valence-electron chi connectivity index (χ4n) is 1.97. The third-order valence-electron chi connectivity index (χ3n) is 2.98. The first-order valence-corrected chi connectivity index (χ1v) is 5.47. The van der Waals surface area contributed by atoms with Crippen LogP contribution in [0, 0.1) is 5.82 Å². The molecule has 1 N–H and O–H groups in total. The molecule has 1 heterocycles. The maximum Gasteiger partial charge on any atom is 0.228 e. The van der Waals surface area contributed by atoms with Gasteiger partial charge in [-0.25, -0.2) is 4.39 Å². The lowest BCUT2D eigenvalue weighted by Crippen LogP contribution is -2.30. The Balaban J connectivity index is 2.23. The third-order valence-corrected chi connectivity index (χ3v) is 2.98. The predicted molar refractivity (Wildman–Crippen MR) is 62.8 cm³/mol. The minimum absolute atomic E-state index is 0.00826. The van der Waals surface area contributed by atoms with E-state index in [1.807, 2.05) is 7.05 Å². The van der Waals surface area contributed by atoms with Crippen molar-refractivity contribution >= 4 is 11.6 Å². The van der Waals surface area contributed by atoms with E-state index in [1.165, 1.54) is 19.2 Å². The van der Waals surface area contributed by atoms with E-state index in [2.05, 4.69) is 5.32 Å². The van der Waals surface area contributed by atoms with E-state index < -0.39 is 5.82 Å². The Bertz CT molecular complexity index is 437. The minimum atomic E-state index is -0.453. The first-order valence-electron chi connectivity index (χ1n) is 5.47. The topological polar surface area (TPSA) is 41.6 Å². The Hall–Kier alpha value is -1.62. The van der Waals surface area contributed by atoms with Gasteiger partial charge < -0.3 is 15.0 Å². The molecule has 1 amide bonds. The molecule has 5 heteroatoms. The maximum atomic E-state index is 13.5. The molecule has 1 aromatic carbocycles. The quantitative estimate of drug-likeness (QED) is 0.859. The molecule has 17 heavy (non-hydrogen) atoms. The van der Waals surface area contributed by atoms with Crippen molar-refractivity contribution < 1.29 is 13.9 Å². The number of methoxy groups -OCH3 is 1. The lowest BCUT2D eigenvalue weighted by Gasteiger charge is -2.17. The number of carbonyl (C=O) groups excluding carboxylic acids is 1. The van der Waals surface area contributed by atoms with Crippen molar-refractivity contribution in [3.63, 3.8) is 0 Å². The molecule has 4 nitrogen and oxygen atoms in total. The molecule has 1 aromatic rings. The van der Waals surface area contributed by atoms with Gasteiger partial charge >= 0.3 is 0 Å². The van der Waals surface area contributed by atoms with Crippen LogP contribution in [0.25, 0.3) is 0 Å². The Morgan fingerprint density at radius 1 is 1.53 bits per heavy atom. The molecule has 0 spiro atoms. The van der Waals surface area contributed by atoms with Crippen LogP contribution in [0.4, 0.5) is 10.1 Å². The van der Waals surface area contributed by atoms with Gasteiger partial charge in [-0.1, -0.05) is 0 Å². The van der Waals surface area contributed by atoms with Crippen LogP contribution in [0.2, 0.25) is 0 Å². The van der Waals surface area contributed by atoms with E-state index in [4.69, 9.17) is 4.74 Å². The van der Waals surface area contributed by atoms with Crippen molar-refractivity contribution in [1.29, 1.82) is 0 Å². The highest BCUT2D eigenvalue weighted by atomic mass is 19.1. The van der Waals surface area contributed by atoms with Gasteiger partial charge in [0.15, 0.2) is 11.6 Å². The average Bonchev–Trinajstić information content (AvgIpc) is 2.70. The van der Waals surface area contributed by atoms with Crippen molar-refractivity contribution in [2.24, 2.45) is 0 Å². The molecule has 0 radical (unpaired) electrons. The number of likely N-dealkylation sites (N-methyl/N-ethyl adjacent to an activating group) is 1. The summed E-state index contributed by atoms with van der Waals surface area (Å²) in [5, 5.41) is 3.05. The van der Waals surface area contributed by atoms with Gasteiger partial charge in [-0.05, 0) is 19.2 Å². The van der Waals surface area contributed by atoms with Crippen LogP contribution >= 0.6 is 0 Å². The van der Waals surface area contributed by atoms with Crippen LogP contribution in [-0.4, -0.2) is 32.7 Å². The third kappa shape index (κ3) is 2.24. The number of halogens is 1. The minimum Gasteiger partial charge on any atom is -0.494 e. The van der Waals surface area contributed by atoms with Gasteiger partial charge in [0.25, 0.3) is 0 Å². The Labute approximate surface area is 99.4 Å². The van der Waals surface area contributed by atoms with Gasteiger partial charge in [0, 0.05) is 30.8 Å². The van der Waals surface area contributed by atoms with Crippen LogP contribution in [0.5, 0.6) is 5.75 Å². The van der Waals surface area contributed by atoms with E-state index in [9.17, 15) is 9.18 Å². The van der Waals surface area contributed by atoms with Gasteiger partial charge in [-0.2, -0.15) is 0 Å². The Morgan fingerprint density at radius 3 is 2.82 bits per heavy atom. The molecule has 1 fully saturated rings. The van der Waals surface area contributed by atoms with Crippen LogP contribution in [0.15, 0.2) is 18.2 Å². The summed E-state index contributed by atoms with van der Waals surface area (Å²) in [6, 6.07) is 4.68. The standard InChI is InChI=1S/C12H15FN2O2/c1-14-8-5-12(16)15(7-8)9-3-4-11(17-2)10(13)6-9/h3-4,6,8,14H,5,7H2,1-2H3. The number of benzene rings is 1. The number of rotatable bonds is 3. The number of ether oxygens (including phenoxy) is 1. The molecular formula is C12H15FN2O2. The second kappa shape index (κ2) is 4.71. The van der Waals surface area contributed by atoms with E-state index in [0.29, 0.717) is 18.7 Å². The summed E-state index contributed by atoms with van der Waals surface area (Å²) in [5.41, 5.74) is 0.575. The molecule has 92 valence electrons. The molecule has 0 aromatic heterocycles. The number of carbonyl (C=O) groups is 1. The van der Waals surface area contributed by atoms with Crippen molar-refractivity contribution in [1.82, 2.24) is 5.32 Å². The Morgan fingerprint density at radius 2 is 2.29 bits per heavy atom. The summed E-state index contributed by atoms with van der Waals surface area (Å²) in [5.74, 6) is -0.259. The van der Waals surface area contributed by atoms with Crippen molar-refractivity contribution in [2.45, 2.75) is 12.5 Å². The van der Waals surface area contributed by atoms with Gasteiger partial charge in [-0.3, -0.25) is 4.79 Å². The lowest BCUT2D eigenvalue weighted by molar-refractivity contribution is -0.117. The summed E-state index contributed by atoms with van der Waals surface area (Å²) in [6.07, 6.45) is 0.449. The van der Waals surface area contributed by atoms with E-state index in [1.54, 1.807) is 11.0 Å². The number of anilines is 1. The molecule has 0 aliphatic carbocycles. The van der Waals surface area contributed by atoms with Gasteiger partial charge in [-0.15, -0.1) is 0 Å². The molecule has 0 bridgehead atoms. The number of amides is 1. The normalized spacial score (nSPS) is 19.8. The number of hydrogen-bond donors (Lipinski definition) is 1. The summed E-state index contributed by atoms with van der Waals surface area (Å²) >= 11 is 0. The van der Waals surface area contributed by atoms with Crippen LogP contribution in [-0.2, 0) is 4.79 Å². The van der Waals surface area contributed by atoms with Crippen molar-refractivity contribution in [3.05, 3.63) is 24.0 Å². The molecule has 2 rings (SSSR count). The smallest absolute Gasteiger partial charge is 0.228 e. The monoisotopic (exact) mass is 238 g/mol. The zero-order valence-electron chi connectivity index (χ0n) is 9.87. The highest BCUT2D eigenvalue weighted by molar-refractivity contribution is 5.96. The van der Waals surface area contributed by atoms with E-state index >= 15 is 0 Å². The molecule has 1 aliphatic rings. The first kappa shape index (κ1) is 11.9. The predicted octanol–water partition coefficient (Wildman–Crippen LogP) is 1.16. The zero-order chi connectivity index (χ0) is 12.4. The van der Waals surface area contributed by atoms with Crippen LogP contribution in [0.3, 0.4) is 0 Å². The highest BCUT2D eigenvalue weighted by Crippen LogP contribution is 2.26. The fourth-order valence-corrected chi connectivity index (χ4v) is 1.97. The lowest BCUT2D eigenvalue weighted by atomic mass is 10.2. The van der Waals surface area contributed by atoms with Crippen molar-refractivity contribution in [3.8, 4) is 5.75 Å². The second-order valence-electron chi connectivity index (χ2n) is 4.01. The molecule has 1 atom stereocenters. The summed E-state index contributed by atoms with van der Waals surface area (Å²) in [4.78, 5) is 13.3. The fraction of sp³-hybridized carbons (Fsp3) is 0.417. The number of nitrogens with zero attached hydrogens (tertiary/aromatic N) is 1. The van der Waals surface area contributed by atoms with E-state index in [0.717, 1.165) is 0 Å². The maximum absolute atomic E-state index is 13.5. The highest BCUT2D eigenvalue weighted by Gasteiger charge is 2.29. The molecular weight excluding hydrogens is 223 g/mol. The largest absolute Gasteiger partial charge is 0.494 e. The van der Waals surface area contributed by atoms with Gasteiger partial charge in [0.05, 0.1) is 7.11 Å². The zero-order valence-corrected chi connectivity index (χ0v) is 9.87. The van der Waals surface area contributed by atoms with E-state index in [-0.39, 0.29) is 17.7 Å². The summed E-state index contributed by atoms with van der Waals surface area (Å²) < 4.78 is 18.4. The average molecular weight is 238 g/mol. The Kier molecular flexibility index (Phi) is 3.28. The van der Waals surface area contributed by atoms with Crippen molar-refractivity contribution in [2.75, 3.05) is 25.6 Å². The number of hydrogen-bond acceptors (Lipinski definition) is 3. The molecule has 1 saturated heterocycles.